The van der Waals surface area contributed by atoms with Crippen LogP contribution in [0.4, 0.5) is 4.39 Å². The molecule has 4 aliphatic rings. The van der Waals surface area contributed by atoms with E-state index in [9.17, 15) is 19.1 Å². The topological polar surface area (TPSA) is 91.3 Å². The number of fused-ring (bicyclic) bond motifs is 5. The molecule has 1 unspecified atom stereocenters. The van der Waals surface area contributed by atoms with Gasteiger partial charge in [0.1, 0.15) is 17.7 Å². The van der Waals surface area contributed by atoms with Gasteiger partial charge in [-0.05, 0) is 86.5 Å². The molecule has 1 aromatic carbocycles. The molecule has 1 aromatic rings. The third kappa shape index (κ3) is 6.66. The van der Waals surface area contributed by atoms with Gasteiger partial charge in [-0.15, -0.1) is 0 Å². The predicted octanol–water partition coefficient (Wildman–Crippen LogP) is 6.77. The Kier molecular flexibility index (Phi) is 10.3. The molecule has 0 radical (unpaired) electrons. The van der Waals surface area contributed by atoms with Gasteiger partial charge in [0.05, 0.1) is 26.7 Å². The van der Waals surface area contributed by atoms with Gasteiger partial charge in [-0.3, -0.25) is 9.59 Å². The molecule has 0 amide bonds. The summed E-state index contributed by atoms with van der Waals surface area (Å²) < 4.78 is 36.8. The number of rotatable bonds is 7. The number of allylic oxidation sites excluding steroid dienone is 4. The van der Waals surface area contributed by atoms with E-state index in [2.05, 4.69) is 12.2 Å². The number of benzene rings is 1. The maximum absolute atomic E-state index is 14.0. The number of ether oxygens (including phenoxy) is 4. The summed E-state index contributed by atoms with van der Waals surface area (Å²) in [6, 6.07) is 6.57. The lowest BCUT2D eigenvalue weighted by Gasteiger charge is -2.40. The van der Waals surface area contributed by atoms with Gasteiger partial charge in [0.2, 0.25) is 6.29 Å². The van der Waals surface area contributed by atoms with Gasteiger partial charge in [-0.2, -0.15) is 0 Å². The third-order valence-electron chi connectivity index (χ3n) is 10.4. The van der Waals surface area contributed by atoms with Crippen LogP contribution in [0, 0.1) is 35.4 Å². The zero-order valence-corrected chi connectivity index (χ0v) is 26.6. The number of carbonyl (C=O) groups is 2. The average Bonchev–Trinajstić information content (AvgIpc) is 3.58. The summed E-state index contributed by atoms with van der Waals surface area (Å²) in [5, 5.41) is 10.9. The second-order valence-corrected chi connectivity index (χ2v) is 13.0. The lowest BCUT2D eigenvalue weighted by atomic mass is 9.64. The number of halogens is 1. The van der Waals surface area contributed by atoms with Crippen molar-refractivity contribution in [2.45, 2.75) is 96.6 Å². The van der Waals surface area contributed by atoms with Crippen LogP contribution in [-0.4, -0.2) is 49.6 Å². The van der Waals surface area contributed by atoms with Gasteiger partial charge >= 0.3 is 5.97 Å². The summed E-state index contributed by atoms with van der Waals surface area (Å²) in [6.07, 6.45) is 8.37. The first-order valence-electron chi connectivity index (χ1n) is 16.2. The molecule has 9 atom stereocenters. The average molecular weight is 611 g/mol. The minimum Gasteiger partial charge on any atom is -0.498 e. The highest BCUT2D eigenvalue weighted by Gasteiger charge is 2.53. The minimum atomic E-state index is -1.28. The molecule has 1 heterocycles. The van der Waals surface area contributed by atoms with Crippen LogP contribution in [0.1, 0.15) is 83.6 Å². The third-order valence-corrected chi connectivity index (χ3v) is 10.4. The Morgan fingerprint density at radius 1 is 1.05 bits per heavy atom. The second kappa shape index (κ2) is 14.0. The van der Waals surface area contributed by atoms with Crippen molar-refractivity contribution in [3.8, 4) is 0 Å². The predicted molar refractivity (Wildman–Crippen MR) is 164 cm³/mol. The Labute approximate surface area is 260 Å². The maximum Gasteiger partial charge on any atom is 0.306 e. The van der Waals surface area contributed by atoms with E-state index in [-0.39, 0.29) is 77.5 Å². The molecule has 44 heavy (non-hydrogen) atoms. The molecule has 1 saturated carbocycles. The molecule has 5 rings (SSSR count). The number of esters is 1. The first-order chi connectivity index (χ1) is 21.1. The van der Waals surface area contributed by atoms with Gasteiger partial charge in [-0.1, -0.05) is 50.1 Å². The van der Waals surface area contributed by atoms with Crippen molar-refractivity contribution in [3.05, 3.63) is 70.5 Å². The number of Topliss-reactive ketones (excluding diaryl/α,β-unsaturated/α-hetero) is 1. The molecule has 7 nitrogen and oxygen atoms in total. The quantitative estimate of drug-likeness (QED) is 0.158. The molecule has 2 fully saturated rings. The highest BCUT2D eigenvalue weighted by molar-refractivity contribution is 5.98. The second-order valence-electron chi connectivity index (χ2n) is 13.0. The number of aliphatic hydroxyl groups is 1. The van der Waals surface area contributed by atoms with E-state index < -0.39 is 6.29 Å². The zero-order chi connectivity index (χ0) is 31.5. The lowest BCUT2D eigenvalue weighted by Crippen LogP contribution is -2.35. The van der Waals surface area contributed by atoms with Crippen LogP contribution < -0.4 is 0 Å². The van der Waals surface area contributed by atoms with E-state index >= 15 is 0 Å². The van der Waals surface area contributed by atoms with Gasteiger partial charge < -0.3 is 24.1 Å². The molecule has 1 aliphatic heterocycles. The molecular weight excluding hydrogens is 563 g/mol. The first kappa shape index (κ1) is 32.4. The van der Waals surface area contributed by atoms with Crippen molar-refractivity contribution >= 4 is 11.8 Å². The summed E-state index contributed by atoms with van der Waals surface area (Å²) in [4.78, 5) is 27.5. The standard InChI is InChI=1S/C36H47FO7/c1-6-25-10-8-7-9-20(2)34(39)31-18-29-27-17-26(44-36(40)35(42-5)21(3)41-4)15-23(27)16-28(22-11-13-24(37)14-12-22)33(29)30(31)19-32(38)43-25/h11-14,16,18,20,25-30,33,36,40H,6-10,15,17,19H2,1-5H3/b35-21+/t20-,25+,26-,27-,28?,29+,30-,33-,36+/m1/s1. The van der Waals surface area contributed by atoms with Gasteiger partial charge in [0.15, 0.2) is 11.5 Å². The van der Waals surface area contributed by atoms with Crippen molar-refractivity contribution < 1.29 is 38.0 Å². The van der Waals surface area contributed by atoms with E-state index in [0.717, 1.165) is 43.2 Å². The number of hydrogen-bond donors (Lipinski definition) is 1. The van der Waals surface area contributed by atoms with Crippen LogP contribution in [0.3, 0.4) is 0 Å². The fourth-order valence-corrected chi connectivity index (χ4v) is 8.04. The van der Waals surface area contributed by atoms with Crippen LogP contribution in [0.5, 0.6) is 0 Å². The maximum atomic E-state index is 14.0. The Morgan fingerprint density at radius 3 is 2.45 bits per heavy atom. The lowest BCUT2D eigenvalue weighted by molar-refractivity contribution is -0.151. The number of carbonyl (C=O) groups excluding carboxylic acids is 2. The smallest absolute Gasteiger partial charge is 0.306 e. The van der Waals surface area contributed by atoms with Crippen LogP contribution in [0.25, 0.3) is 0 Å². The SMILES string of the molecule is CC[C@H]1CCCC[C@@H](C)C(=O)C2=C[C@@H]3[C@@H](C(c4ccc(F)cc4)C=C4C[C@@H](O[C@H](O)/C(OC)=C(/C)OC)C[C@H]43)[C@@H]2CC(=O)O1. The van der Waals surface area contributed by atoms with Gasteiger partial charge in [0, 0.05) is 17.8 Å². The Bertz CT molecular complexity index is 1300. The molecule has 1 N–H and O–H groups in total. The highest BCUT2D eigenvalue weighted by atomic mass is 19.1. The van der Waals surface area contributed by atoms with Crippen molar-refractivity contribution in [3.63, 3.8) is 0 Å². The number of cyclic esters (lactones) is 1. The number of hydrogen-bond acceptors (Lipinski definition) is 7. The van der Waals surface area contributed by atoms with E-state index in [1.54, 1.807) is 6.92 Å². The summed E-state index contributed by atoms with van der Waals surface area (Å²) in [5.74, 6) is -0.322. The van der Waals surface area contributed by atoms with E-state index in [1.165, 1.54) is 31.9 Å². The van der Waals surface area contributed by atoms with Crippen LogP contribution in [-0.2, 0) is 28.5 Å². The van der Waals surface area contributed by atoms with E-state index in [0.29, 0.717) is 18.6 Å². The normalized spacial score (nSPS) is 33.7. The molecule has 240 valence electrons. The number of ketones is 1. The summed E-state index contributed by atoms with van der Waals surface area (Å²) in [6.45, 7) is 5.76. The highest BCUT2D eigenvalue weighted by Crippen LogP contribution is 2.58. The Balaban J connectivity index is 1.51. The van der Waals surface area contributed by atoms with Crippen molar-refractivity contribution in [2.75, 3.05) is 14.2 Å². The van der Waals surface area contributed by atoms with Gasteiger partial charge in [0.25, 0.3) is 0 Å². The van der Waals surface area contributed by atoms with Crippen LogP contribution >= 0.6 is 0 Å². The van der Waals surface area contributed by atoms with Gasteiger partial charge in [-0.25, -0.2) is 4.39 Å². The Morgan fingerprint density at radius 2 is 1.77 bits per heavy atom. The van der Waals surface area contributed by atoms with Crippen molar-refractivity contribution in [2.24, 2.45) is 29.6 Å². The fourth-order valence-electron chi connectivity index (χ4n) is 8.04. The van der Waals surface area contributed by atoms with Crippen LogP contribution in [0.15, 0.2) is 59.1 Å². The van der Waals surface area contributed by atoms with Crippen molar-refractivity contribution in [1.82, 2.24) is 0 Å². The molecule has 0 aromatic heterocycles. The molecule has 0 bridgehead atoms. The largest absolute Gasteiger partial charge is 0.498 e. The van der Waals surface area contributed by atoms with Crippen LogP contribution in [0.2, 0.25) is 0 Å². The van der Waals surface area contributed by atoms with E-state index in [4.69, 9.17) is 18.9 Å². The summed E-state index contributed by atoms with van der Waals surface area (Å²) in [7, 11) is 2.98. The van der Waals surface area contributed by atoms with E-state index in [1.807, 2.05) is 26.0 Å². The molecule has 0 spiro atoms. The molecule has 1 saturated heterocycles. The molecular formula is C36H47FO7. The van der Waals surface area contributed by atoms with Crippen molar-refractivity contribution in [1.29, 1.82) is 0 Å². The summed E-state index contributed by atoms with van der Waals surface area (Å²) in [5.41, 5.74) is 2.90. The zero-order valence-electron chi connectivity index (χ0n) is 26.6. The molecule has 3 aliphatic carbocycles. The first-order valence-corrected chi connectivity index (χ1v) is 16.2. The minimum absolute atomic E-state index is 0.00926. The molecule has 8 heteroatoms. The number of aliphatic hydroxyl groups excluding tert-OH is 1. The number of methoxy groups -OCH3 is 2. The summed E-state index contributed by atoms with van der Waals surface area (Å²) >= 11 is 0. The monoisotopic (exact) mass is 610 g/mol. The fraction of sp³-hybridized carbons (Fsp3) is 0.611. The Hall–Kier alpha value is -2.97.